The van der Waals surface area contributed by atoms with Gasteiger partial charge in [-0.05, 0) is 74.5 Å². The van der Waals surface area contributed by atoms with Crippen LogP contribution < -0.4 is 4.74 Å². The molecule has 5 aliphatic rings. The highest BCUT2D eigenvalue weighted by molar-refractivity contribution is 5.61. The summed E-state index contributed by atoms with van der Waals surface area (Å²) >= 11 is 0. The van der Waals surface area contributed by atoms with Crippen LogP contribution in [-0.2, 0) is 16.6 Å². The van der Waals surface area contributed by atoms with Crippen LogP contribution in [0, 0.1) is 23.2 Å². The molecule has 7 atom stereocenters. The smallest absolute Gasteiger partial charge is 0.165 e. The molecular weight excluding hydrogens is 450 g/mol. The Morgan fingerprint density at radius 3 is 2.36 bits per heavy atom. The van der Waals surface area contributed by atoms with Crippen LogP contribution in [0.25, 0.3) is 0 Å². The number of phenols is 1. The summed E-state index contributed by atoms with van der Waals surface area (Å²) in [7, 11) is 1.77. The molecule has 2 saturated carbocycles. The Hall–Kier alpha value is -1.30. The summed E-state index contributed by atoms with van der Waals surface area (Å²) in [5, 5.41) is 22.7. The van der Waals surface area contributed by atoms with Crippen molar-refractivity contribution in [1.82, 2.24) is 4.90 Å². The Kier molecular flexibility index (Phi) is 7.53. The quantitative estimate of drug-likeness (QED) is 0.535. The minimum absolute atomic E-state index is 0.0306. The topological polar surface area (TPSA) is 62.2 Å². The monoisotopic (exact) mass is 501 g/mol. The van der Waals surface area contributed by atoms with Gasteiger partial charge in [0.25, 0.3) is 0 Å². The zero-order valence-corrected chi connectivity index (χ0v) is 24.2. The zero-order chi connectivity index (χ0) is 26.6. The first kappa shape index (κ1) is 27.7. The molecule has 1 saturated heterocycles. The number of rotatable bonds is 4. The third kappa shape index (κ3) is 3.91. The van der Waals surface area contributed by atoms with Crippen LogP contribution in [0.3, 0.4) is 0 Å². The largest absolute Gasteiger partial charge is 0.504 e. The molecule has 3 fully saturated rings. The molecule has 0 amide bonds. The number of nitrogens with zero attached hydrogens (tertiary/aromatic N) is 1. The number of ether oxygens (including phenoxy) is 2. The highest BCUT2D eigenvalue weighted by Crippen LogP contribution is 2.66. The van der Waals surface area contributed by atoms with Gasteiger partial charge in [0.15, 0.2) is 11.5 Å². The highest BCUT2D eigenvalue weighted by Gasteiger charge is 2.70. The van der Waals surface area contributed by atoms with Crippen molar-refractivity contribution in [3.05, 3.63) is 23.3 Å². The Morgan fingerprint density at radius 2 is 1.78 bits per heavy atom. The lowest BCUT2D eigenvalue weighted by Crippen LogP contribution is -2.71. The van der Waals surface area contributed by atoms with Crippen molar-refractivity contribution in [3.8, 4) is 11.5 Å². The van der Waals surface area contributed by atoms with Gasteiger partial charge in [0.2, 0.25) is 0 Å². The van der Waals surface area contributed by atoms with Crippen LogP contribution in [0.15, 0.2) is 12.1 Å². The number of phenolic OH excluding ortho intramolecular Hbond substituents is 1. The van der Waals surface area contributed by atoms with Gasteiger partial charge < -0.3 is 19.7 Å². The van der Waals surface area contributed by atoms with E-state index in [1.807, 2.05) is 40.7 Å². The summed E-state index contributed by atoms with van der Waals surface area (Å²) in [6.45, 7) is 18.7. The van der Waals surface area contributed by atoms with Gasteiger partial charge in [0.1, 0.15) is 12.2 Å². The van der Waals surface area contributed by atoms with E-state index in [2.05, 4.69) is 31.7 Å². The Labute approximate surface area is 219 Å². The predicted molar refractivity (Wildman–Crippen MR) is 146 cm³/mol. The minimum atomic E-state index is -0.897. The summed E-state index contributed by atoms with van der Waals surface area (Å²) in [5.74, 6) is 2.17. The maximum Gasteiger partial charge on any atom is 0.165 e. The molecule has 3 aliphatic carbocycles. The summed E-state index contributed by atoms with van der Waals surface area (Å²) < 4.78 is 12.9. The first-order valence-corrected chi connectivity index (χ1v) is 14.6. The summed E-state index contributed by atoms with van der Waals surface area (Å²) in [6.07, 6.45) is 5.34. The molecule has 5 nitrogen and oxygen atoms in total. The number of aromatic hydroxyl groups is 1. The third-order valence-electron chi connectivity index (χ3n) is 10.2. The van der Waals surface area contributed by atoms with Crippen LogP contribution in [0.4, 0.5) is 0 Å². The molecule has 2 heterocycles. The normalized spacial score (nSPS) is 35.8. The molecule has 2 bridgehead atoms. The lowest BCUT2D eigenvalue weighted by molar-refractivity contribution is -0.206. The van der Waals surface area contributed by atoms with Gasteiger partial charge >= 0.3 is 0 Å². The van der Waals surface area contributed by atoms with Crippen molar-refractivity contribution in [2.24, 2.45) is 23.2 Å². The number of hydrogen-bond donors (Lipinski definition) is 2. The molecule has 3 unspecified atom stereocenters. The molecule has 6 rings (SSSR count). The average Bonchev–Trinajstić information content (AvgIpc) is 3.61. The average molecular weight is 502 g/mol. The number of piperidine rings is 1. The van der Waals surface area contributed by atoms with E-state index in [0.29, 0.717) is 17.7 Å². The molecule has 0 aromatic heterocycles. The number of likely N-dealkylation sites (tertiary alicyclic amines) is 1. The van der Waals surface area contributed by atoms with E-state index in [9.17, 15) is 10.2 Å². The second-order valence-electron chi connectivity index (χ2n) is 12.5. The number of methoxy groups -OCH3 is 1. The van der Waals surface area contributed by atoms with Gasteiger partial charge in [-0.2, -0.15) is 0 Å². The number of aliphatic hydroxyl groups is 1. The van der Waals surface area contributed by atoms with Gasteiger partial charge in [-0.15, -0.1) is 0 Å². The molecule has 36 heavy (non-hydrogen) atoms. The van der Waals surface area contributed by atoms with Crippen molar-refractivity contribution in [3.63, 3.8) is 0 Å². The Balaban J connectivity index is 0.000000726. The molecule has 2 aliphatic heterocycles. The molecular formula is C31H51NO4. The van der Waals surface area contributed by atoms with Crippen molar-refractivity contribution < 1.29 is 19.7 Å². The van der Waals surface area contributed by atoms with E-state index in [0.717, 1.165) is 31.7 Å². The van der Waals surface area contributed by atoms with Crippen LogP contribution in [0.2, 0.25) is 0 Å². The SMILES string of the molecule is CC.CC.CO[C@H]1[C@@H]2Oc3c(O)ccc4c3C23CCN(CC2CC2)C(C4)C3C[C@@H]1[C@](C)(O)C(C)(C)C. The van der Waals surface area contributed by atoms with Gasteiger partial charge in [-0.25, -0.2) is 0 Å². The Morgan fingerprint density at radius 1 is 1.11 bits per heavy atom. The fourth-order valence-corrected chi connectivity index (χ4v) is 7.82. The maximum atomic E-state index is 11.9. The molecule has 5 heteroatoms. The fraction of sp³-hybridized carbons (Fsp3) is 0.806. The maximum absolute atomic E-state index is 11.9. The van der Waals surface area contributed by atoms with Gasteiger partial charge in [-0.3, -0.25) is 4.90 Å². The van der Waals surface area contributed by atoms with Gasteiger partial charge in [0, 0.05) is 36.6 Å². The van der Waals surface area contributed by atoms with E-state index in [1.165, 1.54) is 30.5 Å². The summed E-state index contributed by atoms with van der Waals surface area (Å²) in [5.41, 5.74) is 1.29. The molecule has 0 radical (unpaired) electrons. The van der Waals surface area contributed by atoms with E-state index >= 15 is 0 Å². The van der Waals surface area contributed by atoms with Crippen molar-refractivity contribution in [1.29, 1.82) is 0 Å². The van der Waals surface area contributed by atoms with Crippen molar-refractivity contribution >= 4 is 0 Å². The molecule has 2 N–H and O–H groups in total. The highest BCUT2D eigenvalue weighted by atomic mass is 16.5. The van der Waals surface area contributed by atoms with Gasteiger partial charge in [-0.1, -0.05) is 54.5 Å². The zero-order valence-electron chi connectivity index (χ0n) is 24.2. The van der Waals surface area contributed by atoms with Crippen molar-refractivity contribution in [2.75, 3.05) is 20.2 Å². The summed E-state index contributed by atoms with van der Waals surface area (Å²) in [6, 6.07) is 4.41. The molecule has 1 aromatic carbocycles. The van der Waals surface area contributed by atoms with Crippen molar-refractivity contribution in [2.45, 2.75) is 117 Å². The predicted octanol–water partition coefficient (Wildman–Crippen LogP) is 5.93. The Bertz CT molecular complexity index is 933. The molecule has 1 aromatic rings. The number of hydrogen-bond acceptors (Lipinski definition) is 5. The van der Waals surface area contributed by atoms with Gasteiger partial charge in [0.05, 0.1) is 5.60 Å². The molecule has 1 spiro atoms. The van der Waals surface area contributed by atoms with E-state index in [1.54, 1.807) is 7.11 Å². The second kappa shape index (κ2) is 9.78. The van der Waals surface area contributed by atoms with E-state index in [-0.39, 0.29) is 34.7 Å². The standard InChI is InChI=1S/C27H39NO4.2C2H6/c1-25(2,3)26(4,30)18-13-17-19-12-16-8-9-20(29)23-21(16)27(17,24(32-23)22(18)31-5)10-11-28(19)14-15-6-7-15;2*1-2/h8-9,15,17-19,22,24,29-30H,6-7,10-14H2,1-5H3;2*1-2H3/t17?,18-,19?,22+,24-,26-,27?;;/m0../s1. The lowest BCUT2D eigenvalue weighted by atomic mass is 9.47. The lowest BCUT2D eigenvalue weighted by Gasteiger charge is -2.63. The summed E-state index contributed by atoms with van der Waals surface area (Å²) in [4.78, 5) is 2.76. The minimum Gasteiger partial charge on any atom is -0.504 e. The van der Waals surface area contributed by atoms with E-state index < -0.39 is 5.60 Å². The van der Waals surface area contributed by atoms with Crippen LogP contribution in [0.1, 0.15) is 92.2 Å². The van der Waals surface area contributed by atoms with Crippen LogP contribution in [0.5, 0.6) is 11.5 Å². The third-order valence-corrected chi connectivity index (χ3v) is 10.2. The van der Waals surface area contributed by atoms with Crippen LogP contribution >= 0.6 is 0 Å². The fourth-order valence-electron chi connectivity index (χ4n) is 7.82. The number of benzene rings is 1. The first-order chi connectivity index (χ1) is 17.1. The second-order valence-corrected chi connectivity index (χ2v) is 12.5. The van der Waals surface area contributed by atoms with Crippen LogP contribution in [-0.4, -0.2) is 59.2 Å². The first-order valence-electron chi connectivity index (χ1n) is 14.6. The molecule has 204 valence electrons. The van der Waals surface area contributed by atoms with E-state index in [4.69, 9.17) is 9.47 Å².